The Kier molecular flexibility index (Phi) is 6.17. The van der Waals surface area contributed by atoms with Crippen molar-refractivity contribution in [2.75, 3.05) is 6.54 Å². The summed E-state index contributed by atoms with van der Waals surface area (Å²) in [6.45, 7) is 5.57. The zero-order valence-electron chi connectivity index (χ0n) is 9.96. The van der Waals surface area contributed by atoms with Crippen LogP contribution in [0.25, 0.3) is 0 Å². The molecule has 2 nitrogen and oxygen atoms in total. The van der Waals surface area contributed by atoms with Crippen LogP contribution in [-0.2, 0) is 6.42 Å². The molecule has 0 aliphatic rings. The lowest BCUT2D eigenvalue weighted by Gasteiger charge is -2.17. The molecule has 0 spiro atoms. The molecule has 0 aliphatic heterocycles. The van der Waals surface area contributed by atoms with Crippen LogP contribution in [0.1, 0.15) is 45.1 Å². The number of hydrogen-bond donors (Lipinski definition) is 1. The van der Waals surface area contributed by atoms with Crippen molar-refractivity contribution in [2.24, 2.45) is 0 Å². The predicted molar refractivity (Wildman–Crippen MR) is 64.0 cm³/mol. The van der Waals surface area contributed by atoms with E-state index in [1.165, 1.54) is 31.2 Å². The third kappa shape index (κ3) is 5.03. The van der Waals surface area contributed by atoms with Crippen molar-refractivity contribution in [2.45, 2.75) is 52.0 Å². The monoisotopic (exact) mass is 209 g/mol. The molecular formula is C13H23NO. The Morgan fingerprint density at radius 1 is 1.33 bits per heavy atom. The van der Waals surface area contributed by atoms with Crippen LogP contribution >= 0.6 is 0 Å². The third-order valence-electron chi connectivity index (χ3n) is 2.65. The fourth-order valence-electron chi connectivity index (χ4n) is 1.77. The van der Waals surface area contributed by atoms with E-state index in [1.54, 1.807) is 6.26 Å². The van der Waals surface area contributed by atoms with Gasteiger partial charge in [-0.1, -0.05) is 26.7 Å². The SMILES string of the molecule is CCCCC(Cc1ccoc1)NCCC. The molecule has 0 aromatic carbocycles. The number of rotatable bonds is 8. The van der Waals surface area contributed by atoms with Crippen LogP contribution in [0.2, 0.25) is 0 Å². The van der Waals surface area contributed by atoms with E-state index < -0.39 is 0 Å². The minimum Gasteiger partial charge on any atom is -0.472 e. The summed E-state index contributed by atoms with van der Waals surface area (Å²) in [6, 6.07) is 2.68. The Morgan fingerprint density at radius 2 is 2.20 bits per heavy atom. The number of nitrogens with one attached hydrogen (secondary N) is 1. The quantitative estimate of drug-likeness (QED) is 0.710. The van der Waals surface area contributed by atoms with Gasteiger partial charge in [0.05, 0.1) is 12.5 Å². The molecule has 1 rings (SSSR count). The van der Waals surface area contributed by atoms with E-state index in [0.29, 0.717) is 6.04 Å². The topological polar surface area (TPSA) is 25.2 Å². The van der Waals surface area contributed by atoms with E-state index in [4.69, 9.17) is 4.42 Å². The normalized spacial score (nSPS) is 12.9. The Hall–Kier alpha value is -0.760. The van der Waals surface area contributed by atoms with Crippen molar-refractivity contribution in [3.05, 3.63) is 24.2 Å². The summed E-state index contributed by atoms with van der Waals surface area (Å²) in [7, 11) is 0. The van der Waals surface area contributed by atoms with E-state index in [1.807, 2.05) is 6.26 Å². The lowest BCUT2D eigenvalue weighted by atomic mass is 10.0. The van der Waals surface area contributed by atoms with Gasteiger partial charge < -0.3 is 9.73 Å². The maximum Gasteiger partial charge on any atom is 0.0935 e. The maximum atomic E-state index is 5.10. The minimum atomic E-state index is 0.613. The summed E-state index contributed by atoms with van der Waals surface area (Å²) in [4.78, 5) is 0. The predicted octanol–water partition coefficient (Wildman–Crippen LogP) is 3.38. The van der Waals surface area contributed by atoms with Gasteiger partial charge in [-0.2, -0.15) is 0 Å². The van der Waals surface area contributed by atoms with Gasteiger partial charge in [0.2, 0.25) is 0 Å². The highest BCUT2D eigenvalue weighted by atomic mass is 16.3. The zero-order valence-corrected chi connectivity index (χ0v) is 9.96. The van der Waals surface area contributed by atoms with Crippen LogP contribution in [-0.4, -0.2) is 12.6 Å². The summed E-state index contributed by atoms with van der Waals surface area (Å²) < 4.78 is 5.10. The van der Waals surface area contributed by atoms with Crippen LogP contribution in [0.4, 0.5) is 0 Å². The third-order valence-corrected chi connectivity index (χ3v) is 2.65. The highest BCUT2D eigenvalue weighted by molar-refractivity contribution is 5.07. The second-order valence-electron chi connectivity index (χ2n) is 4.13. The van der Waals surface area contributed by atoms with Crippen LogP contribution in [0.3, 0.4) is 0 Å². The summed E-state index contributed by atoms with van der Waals surface area (Å²) in [6.07, 6.45) is 9.75. The van der Waals surface area contributed by atoms with Crippen LogP contribution in [0.15, 0.2) is 23.0 Å². The van der Waals surface area contributed by atoms with Gasteiger partial charge in [0.15, 0.2) is 0 Å². The van der Waals surface area contributed by atoms with E-state index in [-0.39, 0.29) is 0 Å². The molecule has 1 unspecified atom stereocenters. The van der Waals surface area contributed by atoms with Crippen LogP contribution in [0, 0.1) is 0 Å². The smallest absolute Gasteiger partial charge is 0.0935 e. The van der Waals surface area contributed by atoms with Gasteiger partial charge in [0, 0.05) is 6.04 Å². The maximum absolute atomic E-state index is 5.10. The number of furan rings is 1. The average molecular weight is 209 g/mol. The van der Waals surface area contributed by atoms with Crippen molar-refractivity contribution in [1.82, 2.24) is 5.32 Å². The molecule has 2 heteroatoms. The summed E-state index contributed by atoms with van der Waals surface area (Å²) >= 11 is 0. The van der Waals surface area contributed by atoms with Gasteiger partial charge in [-0.3, -0.25) is 0 Å². The number of hydrogen-bond acceptors (Lipinski definition) is 2. The van der Waals surface area contributed by atoms with Gasteiger partial charge in [-0.15, -0.1) is 0 Å². The fourth-order valence-corrected chi connectivity index (χ4v) is 1.77. The molecule has 15 heavy (non-hydrogen) atoms. The highest BCUT2D eigenvalue weighted by Crippen LogP contribution is 2.09. The van der Waals surface area contributed by atoms with Crippen molar-refractivity contribution in [3.63, 3.8) is 0 Å². The molecule has 86 valence electrons. The molecule has 0 saturated carbocycles. The Labute approximate surface area is 93.1 Å². The standard InChI is InChI=1S/C13H23NO/c1-3-5-6-13(14-8-4-2)10-12-7-9-15-11-12/h7,9,11,13-14H,3-6,8,10H2,1-2H3. The molecule has 1 aromatic rings. The molecule has 0 fully saturated rings. The molecule has 1 atom stereocenters. The first-order valence-corrected chi connectivity index (χ1v) is 6.11. The summed E-state index contributed by atoms with van der Waals surface area (Å²) in [5, 5.41) is 3.60. The molecule has 0 bridgehead atoms. The zero-order chi connectivity index (χ0) is 10.9. The summed E-state index contributed by atoms with van der Waals surface area (Å²) in [5.74, 6) is 0. The van der Waals surface area contributed by atoms with Gasteiger partial charge >= 0.3 is 0 Å². The highest BCUT2D eigenvalue weighted by Gasteiger charge is 2.08. The molecule has 1 heterocycles. The van der Waals surface area contributed by atoms with E-state index in [9.17, 15) is 0 Å². The number of unbranched alkanes of at least 4 members (excludes halogenated alkanes) is 1. The largest absolute Gasteiger partial charge is 0.472 e. The first-order chi connectivity index (χ1) is 7.36. The first-order valence-electron chi connectivity index (χ1n) is 6.11. The van der Waals surface area contributed by atoms with Gasteiger partial charge in [0.1, 0.15) is 0 Å². The van der Waals surface area contributed by atoms with Crippen LogP contribution < -0.4 is 5.32 Å². The molecule has 1 N–H and O–H groups in total. The van der Waals surface area contributed by atoms with Crippen molar-refractivity contribution >= 4 is 0 Å². The molecule has 0 amide bonds. The van der Waals surface area contributed by atoms with E-state index >= 15 is 0 Å². The summed E-state index contributed by atoms with van der Waals surface area (Å²) in [5.41, 5.74) is 1.31. The average Bonchev–Trinajstić information content (AvgIpc) is 2.74. The Bertz CT molecular complexity index is 223. The van der Waals surface area contributed by atoms with E-state index in [2.05, 4.69) is 25.2 Å². The molecule has 1 aromatic heterocycles. The van der Waals surface area contributed by atoms with E-state index in [0.717, 1.165) is 13.0 Å². The van der Waals surface area contributed by atoms with Crippen molar-refractivity contribution < 1.29 is 4.42 Å². The fraction of sp³-hybridized carbons (Fsp3) is 0.692. The molecule has 0 saturated heterocycles. The lowest BCUT2D eigenvalue weighted by Crippen LogP contribution is -2.31. The molecule has 0 radical (unpaired) electrons. The van der Waals surface area contributed by atoms with Gasteiger partial charge in [-0.25, -0.2) is 0 Å². The first kappa shape index (κ1) is 12.3. The Balaban J connectivity index is 2.33. The molecular weight excluding hydrogens is 186 g/mol. The van der Waals surface area contributed by atoms with Crippen molar-refractivity contribution in [3.8, 4) is 0 Å². The van der Waals surface area contributed by atoms with Crippen LogP contribution in [0.5, 0.6) is 0 Å². The van der Waals surface area contributed by atoms with Gasteiger partial charge in [0.25, 0.3) is 0 Å². The van der Waals surface area contributed by atoms with Crippen molar-refractivity contribution in [1.29, 1.82) is 0 Å². The minimum absolute atomic E-state index is 0.613. The second-order valence-corrected chi connectivity index (χ2v) is 4.13. The lowest BCUT2D eigenvalue weighted by molar-refractivity contribution is 0.459. The van der Waals surface area contributed by atoms with Gasteiger partial charge in [-0.05, 0) is 37.4 Å². The second kappa shape index (κ2) is 7.52. The Morgan fingerprint density at radius 3 is 2.80 bits per heavy atom. The molecule has 0 aliphatic carbocycles.